The van der Waals surface area contributed by atoms with Gasteiger partial charge in [-0.15, -0.1) is 0 Å². The number of carbonyl (C=O) groups excluding carboxylic acids is 1. The molecule has 0 N–H and O–H groups in total. The van der Waals surface area contributed by atoms with Crippen LogP contribution in [0.2, 0.25) is 0 Å². The summed E-state index contributed by atoms with van der Waals surface area (Å²) in [5, 5.41) is 0. The number of nitrogens with zero attached hydrogens (tertiary/aromatic N) is 1. The summed E-state index contributed by atoms with van der Waals surface area (Å²) in [6, 6.07) is 15.0. The topological polar surface area (TPSA) is 38.7 Å². The number of ether oxygens (including phenoxy) is 1. The lowest BCUT2D eigenvalue weighted by Gasteiger charge is -2.12. The summed E-state index contributed by atoms with van der Waals surface area (Å²) in [7, 11) is 0. The molecular weight excluding hydrogens is 394 g/mol. The van der Waals surface area contributed by atoms with Crippen molar-refractivity contribution >= 4 is 17.2 Å². The molecule has 2 aromatic carbocycles. The van der Waals surface area contributed by atoms with Crippen molar-refractivity contribution in [2.45, 2.75) is 85.0 Å². The third-order valence-electron chi connectivity index (χ3n) is 6.38. The second kappa shape index (κ2) is 12.0. The fraction of sp³-hybridized carbons (Fsp3) is 0.517. The number of aryl methyl sites for hydroxylation is 2. The summed E-state index contributed by atoms with van der Waals surface area (Å²) in [5.41, 5.74) is 5.53. The molecule has 1 unspecified atom stereocenters. The number of benzene rings is 2. The third kappa shape index (κ3) is 7.05. The minimum atomic E-state index is 0.0401. The molecule has 0 amide bonds. The minimum Gasteiger partial charge on any atom is -0.494 e. The van der Waals surface area contributed by atoms with Gasteiger partial charge in [0.2, 0.25) is 0 Å². The number of carbonyl (C=O) groups is 1. The molecular formula is C29H39NO2. The van der Waals surface area contributed by atoms with Crippen LogP contribution >= 0.6 is 0 Å². The van der Waals surface area contributed by atoms with E-state index in [2.05, 4.69) is 63.2 Å². The zero-order valence-electron chi connectivity index (χ0n) is 20.3. The summed E-state index contributed by atoms with van der Waals surface area (Å²) >= 11 is 0. The van der Waals surface area contributed by atoms with E-state index in [1.807, 2.05) is 6.92 Å². The Morgan fingerprint density at radius 2 is 1.94 bits per heavy atom. The summed E-state index contributed by atoms with van der Waals surface area (Å²) in [6.07, 6.45) is 8.34. The van der Waals surface area contributed by atoms with E-state index in [1.165, 1.54) is 24.0 Å². The molecule has 3 heteroatoms. The first-order chi connectivity index (χ1) is 15.5. The quantitative estimate of drug-likeness (QED) is 0.239. The van der Waals surface area contributed by atoms with E-state index in [0.29, 0.717) is 0 Å². The van der Waals surface area contributed by atoms with Gasteiger partial charge in [0.1, 0.15) is 5.75 Å². The van der Waals surface area contributed by atoms with E-state index < -0.39 is 0 Å². The third-order valence-corrected chi connectivity index (χ3v) is 6.38. The van der Waals surface area contributed by atoms with Crippen LogP contribution in [0, 0.1) is 12.8 Å². The highest BCUT2D eigenvalue weighted by molar-refractivity contribution is 6.41. The van der Waals surface area contributed by atoms with E-state index in [9.17, 15) is 4.79 Å². The van der Waals surface area contributed by atoms with Gasteiger partial charge in [-0.25, -0.2) is 4.99 Å². The standard InChI is InChI=1S/C29H39NO2/c1-5-10-28(29(31)21(3)6-2)30-27-17-14-23(19-22(27)4)11-7-8-18-32-26-13-9-12-25(20-26)24-15-16-24/h9,12-14,17,19-21,24H,5-8,10-11,15-16,18H2,1-4H3. The average molecular weight is 434 g/mol. The molecule has 0 aliphatic heterocycles. The fourth-order valence-corrected chi connectivity index (χ4v) is 3.98. The number of hydrogen-bond donors (Lipinski definition) is 0. The van der Waals surface area contributed by atoms with Crippen LogP contribution in [0.3, 0.4) is 0 Å². The molecule has 172 valence electrons. The summed E-state index contributed by atoms with van der Waals surface area (Å²) in [5.74, 6) is 2.00. The number of unbranched alkanes of at least 4 members (excludes halogenated alkanes) is 1. The lowest BCUT2D eigenvalue weighted by atomic mass is 9.97. The predicted molar refractivity (Wildman–Crippen MR) is 134 cm³/mol. The van der Waals surface area contributed by atoms with E-state index in [-0.39, 0.29) is 11.7 Å². The van der Waals surface area contributed by atoms with Gasteiger partial charge in [0.15, 0.2) is 5.78 Å². The molecule has 1 aliphatic carbocycles. The van der Waals surface area contributed by atoms with Crippen LogP contribution in [-0.4, -0.2) is 18.1 Å². The molecule has 0 radical (unpaired) electrons. The fourth-order valence-electron chi connectivity index (χ4n) is 3.98. The van der Waals surface area contributed by atoms with E-state index in [0.717, 1.165) is 73.8 Å². The Morgan fingerprint density at radius 1 is 1.12 bits per heavy atom. The molecule has 2 aromatic rings. The van der Waals surface area contributed by atoms with Gasteiger partial charge < -0.3 is 4.74 Å². The smallest absolute Gasteiger partial charge is 0.179 e. The lowest BCUT2D eigenvalue weighted by Crippen LogP contribution is -2.21. The van der Waals surface area contributed by atoms with Crippen molar-refractivity contribution in [3.05, 3.63) is 59.2 Å². The summed E-state index contributed by atoms with van der Waals surface area (Å²) in [4.78, 5) is 17.4. The van der Waals surface area contributed by atoms with Gasteiger partial charge in [0, 0.05) is 5.92 Å². The van der Waals surface area contributed by atoms with Gasteiger partial charge in [0.25, 0.3) is 0 Å². The first-order valence-corrected chi connectivity index (χ1v) is 12.5. The SMILES string of the molecule is CCCC(=Nc1ccc(CCCCOc2cccc(C3CC3)c2)cc1C)C(=O)C(C)CC. The summed E-state index contributed by atoms with van der Waals surface area (Å²) in [6.45, 7) is 9.01. The highest BCUT2D eigenvalue weighted by atomic mass is 16.5. The molecule has 32 heavy (non-hydrogen) atoms. The first-order valence-electron chi connectivity index (χ1n) is 12.5. The maximum absolute atomic E-state index is 12.7. The largest absolute Gasteiger partial charge is 0.494 e. The van der Waals surface area contributed by atoms with E-state index >= 15 is 0 Å². The van der Waals surface area contributed by atoms with Crippen LogP contribution in [0.25, 0.3) is 0 Å². The Morgan fingerprint density at radius 3 is 2.62 bits per heavy atom. The van der Waals surface area contributed by atoms with E-state index in [4.69, 9.17) is 9.73 Å². The highest BCUT2D eigenvalue weighted by Gasteiger charge is 2.23. The second-order valence-electron chi connectivity index (χ2n) is 9.26. The van der Waals surface area contributed by atoms with Crippen molar-refractivity contribution in [2.24, 2.45) is 10.9 Å². The molecule has 0 saturated heterocycles. The Bertz CT molecular complexity index is 927. The second-order valence-corrected chi connectivity index (χ2v) is 9.26. The molecule has 1 aliphatic rings. The maximum atomic E-state index is 12.7. The van der Waals surface area contributed by atoms with Crippen molar-refractivity contribution in [3.8, 4) is 5.75 Å². The number of ketones is 1. The Kier molecular flexibility index (Phi) is 9.08. The number of rotatable bonds is 13. The van der Waals surface area contributed by atoms with Gasteiger partial charge in [-0.2, -0.15) is 0 Å². The number of aliphatic imine (C=N–C) groups is 1. The van der Waals surface area contributed by atoms with Crippen molar-refractivity contribution < 1.29 is 9.53 Å². The minimum absolute atomic E-state index is 0.0401. The predicted octanol–water partition coefficient (Wildman–Crippen LogP) is 7.76. The molecule has 1 saturated carbocycles. The van der Waals surface area contributed by atoms with Gasteiger partial charge in [0.05, 0.1) is 18.0 Å². The zero-order chi connectivity index (χ0) is 22.9. The molecule has 0 aromatic heterocycles. The van der Waals surface area contributed by atoms with Crippen LogP contribution in [0.15, 0.2) is 47.5 Å². The first kappa shape index (κ1) is 24.2. The molecule has 0 bridgehead atoms. The molecule has 0 spiro atoms. The molecule has 1 fully saturated rings. The van der Waals surface area contributed by atoms with Crippen LogP contribution < -0.4 is 4.74 Å². The molecule has 3 rings (SSSR count). The Hall–Kier alpha value is -2.42. The number of Topliss-reactive ketones (excluding diaryl/α,β-unsaturated/α-hetero) is 1. The van der Waals surface area contributed by atoms with Crippen molar-refractivity contribution in [1.29, 1.82) is 0 Å². The maximum Gasteiger partial charge on any atom is 0.179 e. The van der Waals surface area contributed by atoms with Gasteiger partial charge >= 0.3 is 0 Å². The van der Waals surface area contributed by atoms with Gasteiger partial charge in [-0.05, 0) is 92.7 Å². The van der Waals surface area contributed by atoms with E-state index in [1.54, 1.807) is 0 Å². The Balaban J connectivity index is 1.50. The Labute approximate surface area is 194 Å². The van der Waals surface area contributed by atoms with Crippen molar-refractivity contribution in [1.82, 2.24) is 0 Å². The molecule has 1 atom stereocenters. The van der Waals surface area contributed by atoms with Crippen LogP contribution in [0.1, 0.15) is 88.3 Å². The normalized spacial score (nSPS) is 14.9. The monoisotopic (exact) mass is 433 g/mol. The lowest BCUT2D eigenvalue weighted by molar-refractivity contribution is -0.116. The van der Waals surface area contributed by atoms with Gasteiger partial charge in [-0.1, -0.05) is 51.5 Å². The van der Waals surface area contributed by atoms with Crippen molar-refractivity contribution in [3.63, 3.8) is 0 Å². The highest BCUT2D eigenvalue weighted by Crippen LogP contribution is 2.40. The van der Waals surface area contributed by atoms with Gasteiger partial charge in [-0.3, -0.25) is 4.79 Å². The molecule has 3 nitrogen and oxygen atoms in total. The molecule has 0 heterocycles. The van der Waals surface area contributed by atoms with Crippen LogP contribution in [-0.2, 0) is 11.2 Å². The summed E-state index contributed by atoms with van der Waals surface area (Å²) < 4.78 is 5.97. The number of hydrogen-bond acceptors (Lipinski definition) is 3. The zero-order valence-corrected chi connectivity index (χ0v) is 20.3. The van der Waals surface area contributed by atoms with Crippen LogP contribution in [0.5, 0.6) is 5.75 Å². The van der Waals surface area contributed by atoms with Crippen LogP contribution in [0.4, 0.5) is 5.69 Å². The van der Waals surface area contributed by atoms with Crippen molar-refractivity contribution in [2.75, 3.05) is 6.61 Å². The average Bonchev–Trinajstić information content (AvgIpc) is 3.65.